The van der Waals surface area contributed by atoms with Crippen molar-refractivity contribution in [1.82, 2.24) is 0 Å². The molecular formula is C12H30NO4P. The third-order valence-corrected chi connectivity index (χ3v) is 4.06. The van der Waals surface area contributed by atoms with Crippen molar-refractivity contribution >= 4 is 7.82 Å². The van der Waals surface area contributed by atoms with E-state index in [0.29, 0.717) is 12.0 Å². The van der Waals surface area contributed by atoms with E-state index in [4.69, 9.17) is 0 Å². The van der Waals surface area contributed by atoms with Crippen LogP contribution in [0.15, 0.2) is 0 Å². The molecular weight excluding hydrogens is 253 g/mol. The first-order valence-electron chi connectivity index (χ1n) is 6.76. The van der Waals surface area contributed by atoms with Gasteiger partial charge in [-0.25, -0.2) is 0 Å². The zero-order chi connectivity index (χ0) is 14.7. The molecule has 0 amide bonds. The summed E-state index contributed by atoms with van der Waals surface area (Å²) in [6.07, 6.45) is 4.29. The zero-order valence-electron chi connectivity index (χ0n) is 12.5. The molecule has 0 spiro atoms. The molecule has 0 aromatic rings. The number of hydrogen-bond acceptors (Lipinski definition) is 4. The Hall–Kier alpha value is 0.0700. The summed E-state index contributed by atoms with van der Waals surface area (Å²) in [4.78, 5) is 10.6. The van der Waals surface area contributed by atoms with Gasteiger partial charge in [0.1, 0.15) is 0 Å². The van der Waals surface area contributed by atoms with Crippen molar-refractivity contribution in [1.29, 1.82) is 0 Å². The van der Waals surface area contributed by atoms with Crippen molar-refractivity contribution in [3.8, 4) is 0 Å². The van der Waals surface area contributed by atoms with Crippen LogP contribution in [0.5, 0.6) is 0 Å². The van der Waals surface area contributed by atoms with E-state index in [1.54, 1.807) is 6.92 Å². The number of phosphoric ester groups is 1. The Morgan fingerprint density at radius 1 is 1.06 bits per heavy atom. The van der Waals surface area contributed by atoms with Gasteiger partial charge < -0.3 is 19.7 Å². The molecule has 1 unspecified atom stereocenters. The van der Waals surface area contributed by atoms with Gasteiger partial charge in [0, 0.05) is 0 Å². The van der Waals surface area contributed by atoms with E-state index in [1.807, 2.05) is 6.92 Å². The average molecular weight is 283 g/mol. The van der Waals surface area contributed by atoms with Crippen molar-refractivity contribution in [3.05, 3.63) is 0 Å². The van der Waals surface area contributed by atoms with E-state index in [9.17, 15) is 9.46 Å². The molecule has 18 heavy (non-hydrogen) atoms. The third-order valence-electron chi connectivity index (χ3n) is 2.99. The van der Waals surface area contributed by atoms with Gasteiger partial charge in [-0.3, -0.25) is 4.57 Å². The van der Waals surface area contributed by atoms with Crippen LogP contribution in [0.3, 0.4) is 0 Å². The summed E-state index contributed by atoms with van der Waals surface area (Å²) in [5, 5.41) is 0. The SMILES string of the molecule is CCC([NH3+])(CC)CC.CCCOP(=O)([O-])OCC. The molecule has 0 aliphatic rings. The lowest BCUT2D eigenvalue weighted by Gasteiger charge is -2.21. The highest BCUT2D eigenvalue weighted by Gasteiger charge is 2.20. The fourth-order valence-electron chi connectivity index (χ4n) is 1.15. The van der Waals surface area contributed by atoms with Crippen LogP contribution in [0, 0.1) is 0 Å². The molecule has 0 bridgehead atoms. The van der Waals surface area contributed by atoms with Crippen LogP contribution in [-0.4, -0.2) is 18.8 Å². The number of rotatable bonds is 8. The molecule has 112 valence electrons. The fraction of sp³-hybridized carbons (Fsp3) is 1.00. The maximum Gasteiger partial charge on any atom is 0.267 e. The predicted molar refractivity (Wildman–Crippen MR) is 72.0 cm³/mol. The molecule has 3 N–H and O–H groups in total. The highest BCUT2D eigenvalue weighted by atomic mass is 31.2. The van der Waals surface area contributed by atoms with Crippen LogP contribution < -0.4 is 10.6 Å². The van der Waals surface area contributed by atoms with Gasteiger partial charge in [-0.15, -0.1) is 0 Å². The first kappa shape index (κ1) is 20.4. The van der Waals surface area contributed by atoms with Gasteiger partial charge in [-0.2, -0.15) is 0 Å². The Balaban J connectivity index is 0. The minimum absolute atomic E-state index is 0.129. The Morgan fingerprint density at radius 3 is 1.72 bits per heavy atom. The largest absolute Gasteiger partial charge is 0.756 e. The van der Waals surface area contributed by atoms with E-state index in [0.717, 1.165) is 0 Å². The van der Waals surface area contributed by atoms with Crippen LogP contribution in [0.2, 0.25) is 0 Å². The quantitative estimate of drug-likeness (QED) is 0.691. The molecule has 0 heterocycles. The lowest BCUT2D eigenvalue weighted by Crippen LogP contribution is -2.71. The molecule has 0 aromatic heterocycles. The van der Waals surface area contributed by atoms with Gasteiger partial charge in [-0.1, -0.05) is 27.7 Å². The molecule has 0 aliphatic carbocycles. The smallest absolute Gasteiger partial charge is 0.267 e. The summed E-state index contributed by atoms with van der Waals surface area (Å²) in [7, 11) is -3.96. The van der Waals surface area contributed by atoms with Crippen LogP contribution in [0.4, 0.5) is 0 Å². The molecule has 5 nitrogen and oxygen atoms in total. The minimum Gasteiger partial charge on any atom is -0.756 e. The second-order valence-electron chi connectivity index (χ2n) is 4.26. The molecule has 1 atom stereocenters. The summed E-state index contributed by atoms with van der Waals surface area (Å²) in [5.74, 6) is 0. The van der Waals surface area contributed by atoms with Crippen molar-refractivity contribution < 1.29 is 24.2 Å². The monoisotopic (exact) mass is 283 g/mol. The summed E-state index contributed by atoms with van der Waals surface area (Å²) in [6, 6.07) is 0. The first-order chi connectivity index (χ1) is 8.30. The summed E-state index contributed by atoms with van der Waals surface area (Å²) in [6.45, 7) is 10.4. The van der Waals surface area contributed by atoms with Gasteiger partial charge >= 0.3 is 0 Å². The Morgan fingerprint density at radius 2 is 1.50 bits per heavy atom. The lowest BCUT2D eigenvalue weighted by atomic mass is 9.92. The van der Waals surface area contributed by atoms with Crippen LogP contribution in [0.1, 0.15) is 60.3 Å². The Labute approximate surface area is 112 Å². The minimum atomic E-state index is -3.96. The molecule has 0 radical (unpaired) electrons. The van der Waals surface area contributed by atoms with Crippen molar-refractivity contribution in [2.75, 3.05) is 13.2 Å². The third kappa shape index (κ3) is 11.2. The number of phosphoric acid groups is 1. The van der Waals surface area contributed by atoms with E-state index in [1.165, 1.54) is 19.3 Å². The lowest BCUT2D eigenvalue weighted by molar-refractivity contribution is -0.480. The topological polar surface area (TPSA) is 86.2 Å². The fourth-order valence-corrected chi connectivity index (χ4v) is 1.95. The molecule has 6 heteroatoms. The Kier molecular flexibility index (Phi) is 12.4. The van der Waals surface area contributed by atoms with Gasteiger partial charge in [0.2, 0.25) is 0 Å². The van der Waals surface area contributed by atoms with Crippen molar-refractivity contribution in [2.24, 2.45) is 0 Å². The van der Waals surface area contributed by atoms with Gasteiger partial charge in [0.05, 0.1) is 18.8 Å². The standard InChI is InChI=1S/C7H17N.C5H13O4P/c1-4-7(8,5-2)6-3;1-3-5-9-10(6,7)8-4-2/h4-6,8H2,1-3H3;3-5H2,1-2H3,(H,6,7). The van der Waals surface area contributed by atoms with E-state index < -0.39 is 7.82 Å². The molecule has 0 saturated heterocycles. The van der Waals surface area contributed by atoms with Gasteiger partial charge in [0.25, 0.3) is 7.82 Å². The zero-order valence-corrected chi connectivity index (χ0v) is 13.4. The maximum atomic E-state index is 10.6. The molecule has 0 aromatic carbocycles. The van der Waals surface area contributed by atoms with E-state index >= 15 is 0 Å². The summed E-state index contributed by atoms with van der Waals surface area (Å²) < 4.78 is 19.3. The maximum absolute atomic E-state index is 10.6. The van der Waals surface area contributed by atoms with Gasteiger partial charge in [-0.05, 0) is 32.6 Å². The van der Waals surface area contributed by atoms with Crippen LogP contribution in [0.25, 0.3) is 0 Å². The Bertz CT molecular complexity index is 224. The highest BCUT2D eigenvalue weighted by molar-refractivity contribution is 7.45. The highest BCUT2D eigenvalue weighted by Crippen LogP contribution is 2.37. The van der Waals surface area contributed by atoms with E-state index in [2.05, 4.69) is 35.6 Å². The van der Waals surface area contributed by atoms with Gasteiger partial charge in [0.15, 0.2) is 0 Å². The summed E-state index contributed by atoms with van der Waals surface area (Å²) >= 11 is 0. The molecule has 0 saturated carbocycles. The second-order valence-corrected chi connectivity index (χ2v) is 5.67. The molecule has 0 aliphatic heterocycles. The first-order valence-corrected chi connectivity index (χ1v) is 8.22. The summed E-state index contributed by atoms with van der Waals surface area (Å²) in [5.41, 5.74) is 4.50. The van der Waals surface area contributed by atoms with Crippen molar-refractivity contribution in [3.63, 3.8) is 0 Å². The van der Waals surface area contributed by atoms with Crippen molar-refractivity contribution in [2.45, 2.75) is 65.8 Å². The van der Waals surface area contributed by atoms with E-state index in [-0.39, 0.29) is 13.2 Å². The average Bonchev–Trinajstić information content (AvgIpc) is 2.36. The second kappa shape index (κ2) is 10.9. The predicted octanol–water partition coefficient (Wildman–Crippen LogP) is 2.11. The molecule has 0 fully saturated rings. The van der Waals surface area contributed by atoms with Crippen LogP contribution >= 0.6 is 7.82 Å². The number of hydrogen-bond donors (Lipinski definition) is 1. The molecule has 0 rings (SSSR count). The number of quaternary nitrogens is 1. The normalized spacial score (nSPS) is 14.6. The van der Waals surface area contributed by atoms with Crippen LogP contribution in [-0.2, 0) is 13.6 Å².